The molecule has 0 aliphatic carbocycles. The fraction of sp³-hybridized carbons (Fsp3) is 0.538. The summed E-state index contributed by atoms with van der Waals surface area (Å²) in [6, 6.07) is 7.95. The number of phenolic OH excluding ortho intramolecular Hbond substituents is 1. The second kappa shape index (κ2) is 5.76. The van der Waals surface area contributed by atoms with Gasteiger partial charge >= 0.3 is 0 Å². The lowest BCUT2D eigenvalue weighted by Crippen LogP contribution is -2.24. The van der Waals surface area contributed by atoms with Crippen LogP contribution in [0.3, 0.4) is 0 Å². The van der Waals surface area contributed by atoms with Crippen molar-refractivity contribution in [2.45, 2.75) is 32.7 Å². The summed E-state index contributed by atoms with van der Waals surface area (Å²) < 4.78 is 0. The maximum Gasteiger partial charge on any atom is 0.120 e. The Morgan fingerprint density at radius 2 is 1.93 bits per heavy atom. The van der Waals surface area contributed by atoms with E-state index in [0.717, 1.165) is 24.9 Å². The predicted molar refractivity (Wildman–Crippen MR) is 64.1 cm³/mol. The first-order valence-electron chi connectivity index (χ1n) is 5.68. The molecule has 0 heterocycles. The van der Waals surface area contributed by atoms with Crippen molar-refractivity contribution in [1.82, 2.24) is 4.90 Å². The maximum absolute atomic E-state index is 9.80. The highest BCUT2D eigenvalue weighted by atomic mass is 16.3. The number of para-hydroxylation sites is 1. The van der Waals surface area contributed by atoms with Crippen LogP contribution in [0.15, 0.2) is 24.3 Å². The van der Waals surface area contributed by atoms with E-state index in [0.29, 0.717) is 11.8 Å². The van der Waals surface area contributed by atoms with Gasteiger partial charge in [0.1, 0.15) is 5.75 Å². The molecule has 84 valence electrons. The van der Waals surface area contributed by atoms with Gasteiger partial charge in [-0.3, -0.25) is 4.90 Å². The Labute approximate surface area is 92.5 Å². The highest BCUT2D eigenvalue weighted by molar-refractivity contribution is 5.34. The van der Waals surface area contributed by atoms with Gasteiger partial charge in [-0.05, 0) is 32.5 Å². The molecule has 15 heavy (non-hydrogen) atoms. The lowest BCUT2D eigenvalue weighted by atomic mass is 10.0. The van der Waals surface area contributed by atoms with E-state index in [2.05, 4.69) is 25.8 Å². The lowest BCUT2D eigenvalue weighted by Gasteiger charge is -2.27. The molecule has 1 unspecified atom stereocenters. The average Bonchev–Trinajstić information content (AvgIpc) is 2.22. The van der Waals surface area contributed by atoms with Gasteiger partial charge in [-0.2, -0.15) is 0 Å². The van der Waals surface area contributed by atoms with Crippen LogP contribution in [0, 0.1) is 0 Å². The molecule has 0 saturated carbocycles. The molecule has 0 aliphatic rings. The predicted octanol–water partition coefficient (Wildman–Crippen LogP) is 3.19. The molecule has 0 radical (unpaired) electrons. The number of hydrogen-bond donors (Lipinski definition) is 1. The van der Waals surface area contributed by atoms with E-state index in [1.165, 1.54) is 0 Å². The van der Waals surface area contributed by atoms with Crippen LogP contribution in [-0.2, 0) is 0 Å². The van der Waals surface area contributed by atoms with Gasteiger partial charge in [0.15, 0.2) is 0 Å². The molecule has 1 atom stereocenters. The van der Waals surface area contributed by atoms with Gasteiger partial charge in [0.2, 0.25) is 0 Å². The first-order chi connectivity index (χ1) is 7.20. The van der Waals surface area contributed by atoms with Gasteiger partial charge < -0.3 is 5.11 Å². The second-order valence-corrected chi connectivity index (χ2v) is 3.96. The van der Waals surface area contributed by atoms with Crippen LogP contribution in [0.4, 0.5) is 0 Å². The molecule has 0 spiro atoms. The third-order valence-corrected chi connectivity index (χ3v) is 2.79. The Hall–Kier alpha value is -1.02. The minimum atomic E-state index is 0.325. The van der Waals surface area contributed by atoms with E-state index in [-0.39, 0.29) is 0 Å². The monoisotopic (exact) mass is 207 g/mol. The summed E-state index contributed by atoms with van der Waals surface area (Å²) in [5, 5.41) is 9.80. The van der Waals surface area contributed by atoms with Gasteiger partial charge in [0.25, 0.3) is 0 Å². The van der Waals surface area contributed by atoms with Crippen molar-refractivity contribution in [2.75, 3.05) is 13.6 Å². The highest BCUT2D eigenvalue weighted by Gasteiger charge is 2.16. The van der Waals surface area contributed by atoms with Gasteiger partial charge in [0.05, 0.1) is 0 Å². The third kappa shape index (κ3) is 2.96. The second-order valence-electron chi connectivity index (χ2n) is 3.96. The molecule has 1 aromatic carbocycles. The van der Waals surface area contributed by atoms with Crippen molar-refractivity contribution in [3.63, 3.8) is 0 Å². The summed E-state index contributed by atoms with van der Waals surface area (Å²) >= 11 is 0. The molecule has 0 fully saturated rings. The zero-order chi connectivity index (χ0) is 11.3. The maximum atomic E-state index is 9.80. The van der Waals surface area contributed by atoms with Crippen LogP contribution in [0.25, 0.3) is 0 Å². The highest BCUT2D eigenvalue weighted by Crippen LogP contribution is 2.29. The summed E-state index contributed by atoms with van der Waals surface area (Å²) in [6.07, 6.45) is 2.16. The zero-order valence-electron chi connectivity index (χ0n) is 9.90. The van der Waals surface area contributed by atoms with Crippen LogP contribution in [-0.4, -0.2) is 23.6 Å². The molecule has 0 bridgehead atoms. The average molecular weight is 207 g/mol. The molecule has 0 aromatic heterocycles. The Morgan fingerprint density at radius 3 is 2.47 bits per heavy atom. The van der Waals surface area contributed by atoms with Crippen LogP contribution >= 0.6 is 0 Å². The van der Waals surface area contributed by atoms with E-state index in [1.807, 2.05) is 18.2 Å². The number of nitrogens with zero attached hydrogens (tertiary/aromatic N) is 1. The Kier molecular flexibility index (Phi) is 4.63. The Balaban J connectivity index is 2.87. The summed E-state index contributed by atoms with van der Waals surface area (Å²) in [7, 11) is 2.12. The molecule has 0 aliphatic heterocycles. The van der Waals surface area contributed by atoms with Crippen molar-refractivity contribution < 1.29 is 5.11 Å². The third-order valence-electron chi connectivity index (χ3n) is 2.79. The van der Waals surface area contributed by atoms with E-state index in [1.54, 1.807) is 6.07 Å². The van der Waals surface area contributed by atoms with E-state index >= 15 is 0 Å². The fourth-order valence-electron chi connectivity index (χ4n) is 2.05. The lowest BCUT2D eigenvalue weighted by molar-refractivity contribution is 0.234. The first-order valence-corrected chi connectivity index (χ1v) is 5.68. The quantitative estimate of drug-likeness (QED) is 0.801. The summed E-state index contributed by atoms with van der Waals surface area (Å²) in [6.45, 7) is 5.39. The number of benzene rings is 1. The molecule has 2 nitrogen and oxygen atoms in total. The largest absolute Gasteiger partial charge is 0.508 e. The molecular weight excluding hydrogens is 186 g/mol. The molecule has 2 heteroatoms. The van der Waals surface area contributed by atoms with Crippen molar-refractivity contribution in [3.8, 4) is 5.75 Å². The minimum absolute atomic E-state index is 0.325. The smallest absolute Gasteiger partial charge is 0.120 e. The number of phenols is 1. The normalized spacial score (nSPS) is 13.1. The fourth-order valence-corrected chi connectivity index (χ4v) is 2.05. The van der Waals surface area contributed by atoms with Crippen molar-refractivity contribution in [3.05, 3.63) is 29.8 Å². The van der Waals surface area contributed by atoms with Gasteiger partial charge in [-0.25, -0.2) is 0 Å². The minimum Gasteiger partial charge on any atom is -0.508 e. The summed E-state index contributed by atoms with van der Waals surface area (Å²) in [5.74, 6) is 0.410. The Bertz CT molecular complexity index is 298. The van der Waals surface area contributed by atoms with Crippen LogP contribution in [0.1, 0.15) is 38.3 Å². The number of aromatic hydroxyl groups is 1. The molecule has 1 aromatic rings. The van der Waals surface area contributed by atoms with E-state index < -0.39 is 0 Å². The molecule has 1 N–H and O–H groups in total. The number of rotatable bonds is 5. The summed E-state index contributed by atoms with van der Waals surface area (Å²) in [4.78, 5) is 2.30. The van der Waals surface area contributed by atoms with Crippen molar-refractivity contribution in [1.29, 1.82) is 0 Å². The molecular formula is C13H21NO. The van der Waals surface area contributed by atoms with Crippen LogP contribution < -0.4 is 0 Å². The van der Waals surface area contributed by atoms with Crippen molar-refractivity contribution in [2.24, 2.45) is 0 Å². The van der Waals surface area contributed by atoms with Gasteiger partial charge in [-0.15, -0.1) is 0 Å². The SMILES string of the molecule is CCCN(C)C(CC)c1ccccc1O. The first kappa shape index (κ1) is 12.1. The van der Waals surface area contributed by atoms with Gasteiger partial charge in [0, 0.05) is 11.6 Å². The molecule has 0 saturated heterocycles. The zero-order valence-corrected chi connectivity index (χ0v) is 9.90. The topological polar surface area (TPSA) is 23.5 Å². The molecule has 0 amide bonds. The standard InChI is InChI=1S/C13H21NO/c1-4-10-14(3)12(5-2)11-8-6-7-9-13(11)15/h6-9,12,15H,4-5,10H2,1-3H3. The van der Waals surface area contributed by atoms with Crippen LogP contribution in [0.5, 0.6) is 5.75 Å². The molecule has 1 rings (SSSR count). The summed E-state index contributed by atoms with van der Waals surface area (Å²) in [5.41, 5.74) is 1.04. The van der Waals surface area contributed by atoms with E-state index in [4.69, 9.17) is 0 Å². The van der Waals surface area contributed by atoms with Crippen LogP contribution in [0.2, 0.25) is 0 Å². The van der Waals surface area contributed by atoms with Crippen molar-refractivity contribution >= 4 is 0 Å². The number of hydrogen-bond acceptors (Lipinski definition) is 2. The van der Waals surface area contributed by atoms with Gasteiger partial charge in [-0.1, -0.05) is 32.0 Å². The Morgan fingerprint density at radius 1 is 1.27 bits per heavy atom. The van der Waals surface area contributed by atoms with E-state index in [9.17, 15) is 5.11 Å².